The molecule has 1 aliphatic rings. The first-order chi connectivity index (χ1) is 18.5. The van der Waals surface area contributed by atoms with Gasteiger partial charge >= 0.3 is 0 Å². The predicted molar refractivity (Wildman–Crippen MR) is 156 cm³/mol. The molecule has 3 rings (SSSR count). The van der Waals surface area contributed by atoms with E-state index in [0.29, 0.717) is 66.4 Å². The second-order valence-electron chi connectivity index (χ2n) is 12.7. The molecule has 0 amide bonds. The molecule has 222 valence electrons. The summed E-state index contributed by atoms with van der Waals surface area (Å²) in [6.07, 6.45) is 0.227. The predicted octanol–water partition coefficient (Wildman–Crippen LogP) is 3.43. The van der Waals surface area contributed by atoms with Crippen molar-refractivity contribution in [2.75, 3.05) is 56.8 Å². The van der Waals surface area contributed by atoms with E-state index in [2.05, 4.69) is 80.8 Å². The van der Waals surface area contributed by atoms with E-state index in [1.54, 1.807) is 6.33 Å². The maximum absolute atomic E-state index is 10.3. The molecule has 1 aliphatic heterocycles. The average molecular weight is 549 g/mol. The van der Waals surface area contributed by atoms with Crippen molar-refractivity contribution in [3.8, 4) is 0 Å². The van der Waals surface area contributed by atoms with Crippen molar-refractivity contribution in [3.63, 3.8) is 0 Å². The Kier molecular flexibility index (Phi) is 11.7. The Morgan fingerprint density at radius 3 is 1.92 bits per heavy atom. The van der Waals surface area contributed by atoms with Crippen molar-refractivity contribution in [2.45, 2.75) is 80.2 Å². The number of anilines is 2. The van der Waals surface area contributed by atoms with Crippen LogP contribution in [0.4, 0.5) is 11.8 Å². The van der Waals surface area contributed by atoms with E-state index >= 15 is 0 Å². The van der Waals surface area contributed by atoms with Crippen molar-refractivity contribution < 1.29 is 14.9 Å². The third-order valence-electron chi connectivity index (χ3n) is 6.54. The minimum atomic E-state index is -0.740. The summed E-state index contributed by atoms with van der Waals surface area (Å²) in [5, 5.41) is 26.9. The molecule has 0 aromatic carbocycles. The van der Waals surface area contributed by atoms with Crippen LogP contribution in [0.25, 0.3) is 11.2 Å². The summed E-state index contributed by atoms with van der Waals surface area (Å²) in [6, 6.07) is 0. The Bertz CT molecular complexity index is 992. The number of nitrogens with zero attached hydrogens (tertiary/aromatic N) is 6. The van der Waals surface area contributed by atoms with E-state index in [-0.39, 0.29) is 6.61 Å². The zero-order valence-electron chi connectivity index (χ0n) is 25.3. The number of aliphatic hydroxyl groups excluding tert-OH is 2. The van der Waals surface area contributed by atoms with Gasteiger partial charge in [0.15, 0.2) is 17.0 Å². The van der Waals surface area contributed by atoms with Gasteiger partial charge in [-0.1, -0.05) is 55.4 Å². The van der Waals surface area contributed by atoms with E-state index < -0.39 is 18.4 Å². The van der Waals surface area contributed by atoms with Crippen LogP contribution < -0.4 is 10.6 Å². The first-order valence-corrected chi connectivity index (χ1v) is 14.6. The van der Waals surface area contributed by atoms with Gasteiger partial charge in [0.05, 0.1) is 32.4 Å². The quantitative estimate of drug-likeness (QED) is 0.232. The highest BCUT2D eigenvalue weighted by molar-refractivity contribution is 5.84. The van der Waals surface area contributed by atoms with Crippen LogP contribution in [0.3, 0.4) is 0 Å². The van der Waals surface area contributed by atoms with Gasteiger partial charge < -0.3 is 25.6 Å². The van der Waals surface area contributed by atoms with Gasteiger partial charge in [-0.05, 0) is 23.7 Å². The lowest BCUT2D eigenvalue weighted by Gasteiger charge is -2.27. The van der Waals surface area contributed by atoms with Crippen molar-refractivity contribution in [1.82, 2.24) is 29.3 Å². The Morgan fingerprint density at radius 1 is 0.897 bits per heavy atom. The highest BCUT2D eigenvalue weighted by Crippen LogP contribution is 2.32. The number of fused-ring (bicyclic) bond motifs is 1. The largest absolute Gasteiger partial charge is 0.394 e. The standard InChI is InChI=1S/C28H52N8O3/c1-18(2)10-34(11-19(3)4)15-30-26-25-27(36(17-29-25)24-9-22(38)23(14-37)39-24)33-28(32-26)31-16-35(12-20(5)6)13-21(7)8/h17-24,37-38H,9-16H2,1-8H3,(H2,30,31,32,33)/t22-,23+,24-/m0/s1. The first kappa shape index (κ1) is 31.5. The average Bonchev–Trinajstić information content (AvgIpc) is 3.42. The summed E-state index contributed by atoms with van der Waals surface area (Å²) in [6.45, 7) is 22.8. The van der Waals surface area contributed by atoms with Gasteiger partial charge in [0, 0.05) is 32.6 Å². The van der Waals surface area contributed by atoms with Gasteiger partial charge in [-0.3, -0.25) is 14.4 Å². The van der Waals surface area contributed by atoms with E-state index in [9.17, 15) is 10.2 Å². The molecular formula is C28H52N8O3. The number of nitrogens with one attached hydrogen (secondary N) is 2. The lowest BCUT2D eigenvalue weighted by molar-refractivity contribution is -0.0432. The molecule has 0 bridgehead atoms. The Morgan fingerprint density at radius 2 is 1.44 bits per heavy atom. The van der Waals surface area contributed by atoms with Crippen molar-refractivity contribution in [3.05, 3.63) is 6.33 Å². The number of hydrogen-bond donors (Lipinski definition) is 4. The molecule has 0 spiro atoms. The van der Waals surface area contributed by atoms with E-state index in [1.807, 2.05) is 4.57 Å². The van der Waals surface area contributed by atoms with E-state index in [1.165, 1.54) is 0 Å². The molecular weight excluding hydrogens is 496 g/mol. The molecule has 4 N–H and O–H groups in total. The summed E-state index contributed by atoms with van der Waals surface area (Å²) < 4.78 is 7.77. The number of hydrogen-bond acceptors (Lipinski definition) is 10. The first-order valence-electron chi connectivity index (χ1n) is 14.6. The third kappa shape index (κ3) is 9.24. The van der Waals surface area contributed by atoms with Gasteiger partial charge in [0.25, 0.3) is 0 Å². The molecule has 1 saturated heterocycles. The number of aliphatic hydroxyl groups is 2. The maximum Gasteiger partial charge on any atom is 0.227 e. The summed E-state index contributed by atoms with van der Waals surface area (Å²) in [5.41, 5.74) is 1.28. The molecule has 1 fully saturated rings. The van der Waals surface area contributed by atoms with Gasteiger partial charge in [0.1, 0.15) is 12.3 Å². The molecule has 0 radical (unpaired) electrons. The highest BCUT2D eigenvalue weighted by atomic mass is 16.5. The van der Waals surface area contributed by atoms with Crippen LogP contribution in [0.15, 0.2) is 6.33 Å². The topological polar surface area (TPSA) is 124 Å². The van der Waals surface area contributed by atoms with Crippen molar-refractivity contribution in [1.29, 1.82) is 0 Å². The van der Waals surface area contributed by atoms with E-state index in [0.717, 1.165) is 26.2 Å². The van der Waals surface area contributed by atoms with E-state index in [4.69, 9.17) is 14.7 Å². The molecule has 3 heterocycles. The monoisotopic (exact) mass is 548 g/mol. The minimum absolute atomic E-state index is 0.234. The lowest BCUT2D eigenvalue weighted by Crippen LogP contribution is -2.36. The zero-order chi connectivity index (χ0) is 28.7. The second kappa shape index (κ2) is 14.5. The molecule has 2 aromatic rings. The van der Waals surface area contributed by atoms with Crippen LogP contribution >= 0.6 is 0 Å². The fourth-order valence-corrected chi connectivity index (χ4v) is 5.22. The molecule has 2 aromatic heterocycles. The Balaban J connectivity index is 1.91. The summed E-state index contributed by atoms with van der Waals surface area (Å²) in [4.78, 5) is 19.1. The van der Waals surface area contributed by atoms with Crippen molar-refractivity contribution in [2.24, 2.45) is 23.7 Å². The van der Waals surface area contributed by atoms with Gasteiger partial charge in [-0.2, -0.15) is 9.97 Å². The third-order valence-corrected chi connectivity index (χ3v) is 6.54. The maximum atomic E-state index is 10.3. The van der Waals surface area contributed by atoms with Crippen molar-refractivity contribution >= 4 is 22.9 Å². The fourth-order valence-electron chi connectivity index (χ4n) is 5.22. The number of rotatable bonds is 16. The number of ether oxygens (including phenoxy) is 1. The number of imidazole rings is 1. The number of aromatic nitrogens is 4. The van der Waals surface area contributed by atoms with Crippen LogP contribution in [-0.2, 0) is 4.74 Å². The molecule has 0 aliphatic carbocycles. The minimum Gasteiger partial charge on any atom is -0.394 e. The smallest absolute Gasteiger partial charge is 0.227 e. The Labute approximate surface area is 234 Å². The molecule has 3 atom stereocenters. The van der Waals surface area contributed by atoms with Crippen LogP contribution in [0.1, 0.15) is 68.0 Å². The van der Waals surface area contributed by atoms with Gasteiger partial charge in [0.2, 0.25) is 5.95 Å². The van der Waals surface area contributed by atoms with Crippen LogP contribution in [-0.4, -0.2) is 97.9 Å². The molecule has 0 saturated carbocycles. The second-order valence-corrected chi connectivity index (χ2v) is 12.7. The summed E-state index contributed by atoms with van der Waals surface area (Å²) >= 11 is 0. The zero-order valence-corrected chi connectivity index (χ0v) is 25.3. The van der Waals surface area contributed by atoms with Gasteiger partial charge in [-0.25, -0.2) is 4.98 Å². The fraction of sp³-hybridized carbons (Fsp3) is 0.821. The van der Waals surface area contributed by atoms with Crippen LogP contribution in [0.2, 0.25) is 0 Å². The normalized spacial score (nSPS) is 20.2. The van der Waals surface area contributed by atoms with Crippen LogP contribution in [0, 0.1) is 23.7 Å². The summed E-state index contributed by atoms with van der Waals surface area (Å²) in [5.74, 6) is 3.37. The highest BCUT2D eigenvalue weighted by Gasteiger charge is 2.35. The molecule has 11 nitrogen and oxygen atoms in total. The molecule has 11 heteroatoms. The van der Waals surface area contributed by atoms with Gasteiger partial charge in [-0.15, -0.1) is 0 Å². The lowest BCUT2D eigenvalue weighted by atomic mass is 10.1. The Hall–Kier alpha value is -2.05. The summed E-state index contributed by atoms with van der Waals surface area (Å²) in [7, 11) is 0. The molecule has 0 unspecified atom stereocenters. The SMILES string of the molecule is CC(C)CN(CNc1nc(NCN(CC(C)C)CC(C)C)c2ncn([C@@H]3C[C@H](O)[C@@H](CO)O3)c2n1)CC(C)C. The van der Waals surface area contributed by atoms with Crippen LogP contribution in [0.5, 0.6) is 0 Å². The molecule has 39 heavy (non-hydrogen) atoms.